The van der Waals surface area contributed by atoms with Crippen molar-refractivity contribution in [2.75, 3.05) is 11.9 Å². The van der Waals surface area contributed by atoms with Gasteiger partial charge in [0.2, 0.25) is 0 Å². The molecule has 0 aliphatic carbocycles. The Bertz CT molecular complexity index is 1720. The molecule has 39 heavy (non-hydrogen) atoms. The maximum atomic E-state index is 15.0. The Morgan fingerprint density at radius 1 is 1.10 bits per heavy atom. The lowest BCUT2D eigenvalue weighted by Gasteiger charge is -2.11. The third kappa shape index (κ3) is 5.50. The van der Waals surface area contributed by atoms with Crippen molar-refractivity contribution in [2.24, 2.45) is 0 Å². The molecule has 0 radical (unpaired) electrons. The highest BCUT2D eigenvalue weighted by molar-refractivity contribution is 5.97. The largest absolute Gasteiger partial charge is 0.453 e. The van der Waals surface area contributed by atoms with Crippen LogP contribution in [-0.4, -0.2) is 48.5 Å². The van der Waals surface area contributed by atoms with E-state index in [1.54, 1.807) is 13.0 Å². The van der Waals surface area contributed by atoms with Crippen molar-refractivity contribution in [3.63, 3.8) is 0 Å². The molecule has 0 fully saturated rings. The van der Waals surface area contributed by atoms with Crippen molar-refractivity contribution in [1.29, 1.82) is 0 Å². The van der Waals surface area contributed by atoms with Crippen LogP contribution in [0.4, 0.5) is 14.6 Å². The Labute approximate surface area is 219 Å². The smallest absolute Gasteiger partial charge is 0.282 e. The van der Waals surface area contributed by atoms with E-state index in [2.05, 4.69) is 25.6 Å². The van der Waals surface area contributed by atoms with E-state index in [0.717, 1.165) is 10.7 Å². The number of fused-ring (bicyclic) bond motifs is 1. The van der Waals surface area contributed by atoms with Gasteiger partial charge in [0.1, 0.15) is 17.0 Å². The number of rotatable bonds is 9. The second kappa shape index (κ2) is 10.8. The molecule has 1 atom stereocenters. The van der Waals surface area contributed by atoms with E-state index in [1.165, 1.54) is 54.9 Å². The topological polar surface area (TPSA) is 135 Å². The molecule has 3 aromatic heterocycles. The van der Waals surface area contributed by atoms with Gasteiger partial charge >= 0.3 is 0 Å². The molecule has 0 aliphatic rings. The number of anilines is 1. The first kappa shape index (κ1) is 25.7. The van der Waals surface area contributed by atoms with Crippen LogP contribution in [0, 0.1) is 11.6 Å². The quantitative estimate of drug-likeness (QED) is 0.244. The fourth-order valence-corrected chi connectivity index (χ4v) is 3.91. The first-order chi connectivity index (χ1) is 18.8. The number of pyridine rings is 1. The Balaban J connectivity index is 1.36. The van der Waals surface area contributed by atoms with Crippen LogP contribution >= 0.6 is 0 Å². The number of ether oxygens (including phenoxy) is 1. The minimum atomic E-state index is -0.717. The van der Waals surface area contributed by atoms with E-state index >= 15 is 4.39 Å². The highest BCUT2D eigenvalue weighted by atomic mass is 19.1. The summed E-state index contributed by atoms with van der Waals surface area (Å²) in [5.41, 5.74) is 0.238. The Hall–Kier alpha value is -4.97. The second-order valence-electron chi connectivity index (χ2n) is 8.74. The first-order valence-electron chi connectivity index (χ1n) is 11.9. The summed E-state index contributed by atoms with van der Waals surface area (Å²) in [6, 6.07) is 12.0. The highest BCUT2D eigenvalue weighted by Gasteiger charge is 2.18. The molecule has 0 amide bonds. The van der Waals surface area contributed by atoms with E-state index in [1.807, 2.05) is 0 Å². The molecular formula is C27H22F2N6O4. The summed E-state index contributed by atoms with van der Waals surface area (Å²) < 4.78 is 35.1. The summed E-state index contributed by atoms with van der Waals surface area (Å²) in [6.45, 7) is 1.85. The van der Waals surface area contributed by atoms with Crippen molar-refractivity contribution < 1.29 is 23.4 Å². The highest BCUT2D eigenvalue weighted by Crippen LogP contribution is 2.34. The summed E-state index contributed by atoms with van der Waals surface area (Å²) in [6.07, 6.45) is 1.91. The number of hydrogen-bond donors (Lipinski definition) is 3. The summed E-state index contributed by atoms with van der Waals surface area (Å²) >= 11 is 0. The van der Waals surface area contributed by atoms with E-state index in [0.29, 0.717) is 28.1 Å². The zero-order chi connectivity index (χ0) is 27.5. The number of Topliss-reactive ketones (excluding diaryl/α,β-unsaturated/α-hetero) is 1. The lowest BCUT2D eigenvalue weighted by Crippen LogP contribution is -2.27. The molecule has 0 saturated heterocycles. The van der Waals surface area contributed by atoms with Crippen molar-refractivity contribution in [3.8, 4) is 17.2 Å². The average Bonchev–Trinajstić information content (AvgIpc) is 3.34. The summed E-state index contributed by atoms with van der Waals surface area (Å²) in [5.74, 6) is -1.15. The molecule has 3 heterocycles. The zero-order valence-electron chi connectivity index (χ0n) is 20.6. The monoisotopic (exact) mass is 532 g/mol. The van der Waals surface area contributed by atoms with Crippen LogP contribution in [0.15, 0.2) is 71.8 Å². The molecule has 5 aromatic rings. The minimum Gasteiger partial charge on any atom is -0.453 e. The number of hydrogen-bond acceptors (Lipinski definition) is 8. The van der Waals surface area contributed by atoms with Crippen molar-refractivity contribution in [3.05, 3.63) is 100 Å². The van der Waals surface area contributed by atoms with E-state index in [9.17, 15) is 19.1 Å². The van der Waals surface area contributed by atoms with Gasteiger partial charge in [0.15, 0.2) is 28.8 Å². The molecule has 0 unspecified atom stereocenters. The average molecular weight is 533 g/mol. The van der Waals surface area contributed by atoms with Crippen molar-refractivity contribution in [1.82, 2.24) is 25.0 Å². The Kier molecular flexibility index (Phi) is 7.10. The van der Waals surface area contributed by atoms with Gasteiger partial charge in [-0.15, -0.1) is 0 Å². The van der Waals surface area contributed by atoms with Crippen LogP contribution in [0.25, 0.3) is 16.7 Å². The second-order valence-corrected chi connectivity index (χ2v) is 8.74. The van der Waals surface area contributed by atoms with E-state index in [-0.39, 0.29) is 30.0 Å². The standard InChI is InChI=1S/C27H22F2N6O4/c1-15(36)14-31-26-24-23(9-10-30-25(24)33-34-26)39-22-7-2-16(12-20(22)29)13-21(37)19-8-11-32-35(27(19)38)18-5-3-17(28)4-6-18/h2-12,15,36H,13-14H2,1H3,(H2,30,31,33,34)/t15-/m1/s1. The molecular weight excluding hydrogens is 510 g/mol. The molecule has 10 nitrogen and oxygen atoms in total. The number of benzene rings is 2. The van der Waals surface area contributed by atoms with E-state index < -0.39 is 29.1 Å². The van der Waals surface area contributed by atoms with Gasteiger partial charge in [-0.25, -0.2) is 13.8 Å². The first-order valence-corrected chi connectivity index (χ1v) is 11.9. The lowest BCUT2D eigenvalue weighted by molar-refractivity contribution is 0.0990. The third-order valence-corrected chi connectivity index (χ3v) is 5.79. The molecule has 2 aromatic carbocycles. The maximum Gasteiger partial charge on any atom is 0.282 e. The van der Waals surface area contributed by atoms with Gasteiger partial charge in [0.05, 0.1) is 17.4 Å². The molecule has 0 aliphatic heterocycles. The van der Waals surface area contributed by atoms with E-state index in [4.69, 9.17) is 4.74 Å². The minimum absolute atomic E-state index is 0.0936. The van der Waals surface area contributed by atoms with Gasteiger partial charge in [0.25, 0.3) is 5.56 Å². The fourth-order valence-electron chi connectivity index (χ4n) is 3.91. The SMILES string of the molecule is C[C@@H](O)CNc1n[nH]c2nccc(Oc3ccc(CC(=O)c4ccnn(-c5ccc(F)cc5)c4=O)cc3F)c12. The molecule has 0 spiro atoms. The number of ketones is 1. The number of carbonyl (C=O) groups is 1. The van der Waals surface area contributed by atoms with Gasteiger partial charge in [-0.1, -0.05) is 6.07 Å². The number of nitrogens with zero attached hydrogens (tertiary/aromatic N) is 4. The molecule has 0 saturated carbocycles. The number of aliphatic hydroxyl groups excluding tert-OH is 1. The number of aromatic nitrogens is 5. The van der Waals surface area contributed by atoms with Crippen LogP contribution < -0.4 is 15.6 Å². The van der Waals surface area contributed by atoms with Gasteiger partial charge in [-0.05, 0) is 55.0 Å². The van der Waals surface area contributed by atoms with Gasteiger partial charge < -0.3 is 15.2 Å². The van der Waals surface area contributed by atoms with Gasteiger partial charge in [-0.2, -0.15) is 14.9 Å². The Morgan fingerprint density at radius 3 is 2.64 bits per heavy atom. The number of aromatic amines is 1. The number of halogens is 2. The molecule has 5 rings (SSSR count). The van der Waals surface area contributed by atoms with Crippen LogP contribution in [0.5, 0.6) is 11.5 Å². The molecule has 0 bridgehead atoms. The molecule has 3 N–H and O–H groups in total. The maximum absolute atomic E-state index is 15.0. The third-order valence-electron chi connectivity index (χ3n) is 5.79. The predicted octanol–water partition coefficient (Wildman–Crippen LogP) is 3.79. The Morgan fingerprint density at radius 2 is 1.90 bits per heavy atom. The van der Waals surface area contributed by atoms with Crippen molar-refractivity contribution >= 4 is 22.6 Å². The van der Waals surface area contributed by atoms with Gasteiger partial charge in [0, 0.05) is 31.4 Å². The zero-order valence-corrected chi connectivity index (χ0v) is 20.6. The normalized spacial score (nSPS) is 11.9. The van der Waals surface area contributed by atoms with Gasteiger partial charge in [-0.3, -0.25) is 14.7 Å². The number of aliphatic hydroxyl groups is 1. The van der Waals surface area contributed by atoms with Crippen LogP contribution in [0.3, 0.4) is 0 Å². The fraction of sp³-hybridized carbons (Fsp3) is 0.148. The summed E-state index contributed by atoms with van der Waals surface area (Å²) in [4.78, 5) is 30.0. The number of carbonyl (C=O) groups excluding carboxylic acids is 1. The van der Waals surface area contributed by atoms with Crippen molar-refractivity contribution in [2.45, 2.75) is 19.4 Å². The number of H-pyrrole nitrogens is 1. The van der Waals surface area contributed by atoms with Crippen LogP contribution in [0.2, 0.25) is 0 Å². The predicted molar refractivity (Wildman–Crippen MR) is 138 cm³/mol. The summed E-state index contributed by atoms with van der Waals surface area (Å²) in [5, 5.41) is 23.9. The number of nitrogens with one attached hydrogen (secondary N) is 2. The lowest BCUT2D eigenvalue weighted by atomic mass is 10.0. The van der Waals surface area contributed by atoms with Crippen LogP contribution in [-0.2, 0) is 6.42 Å². The summed E-state index contributed by atoms with van der Waals surface area (Å²) in [7, 11) is 0. The van der Waals surface area contributed by atoms with Crippen LogP contribution in [0.1, 0.15) is 22.8 Å². The molecule has 198 valence electrons. The molecule has 12 heteroatoms.